The molecule has 0 aliphatic carbocycles. The van der Waals surface area contributed by atoms with Crippen LogP contribution in [0.2, 0.25) is 0 Å². The van der Waals surface area contributed by atoms with Gasteiger partial charge in [0.1, 0.15) is 5.82 Å². The number of nitriles is 1. The Labute approximate surface area is 121 Å². The van der Waals surface area contributed by atoms with Crippen LogP contribution in [-0.4, -0.2) is 30.7 Å². The van der Waals surface area contributed by atoms with Gasteiger partial charge in [-0.05, 0) is 44.4 Å². The zero-order valence-electron chi connectivity index (χ0n) is 12.7. The molecular formula is C16H24N4. The molecule has 20 heavy (non-hydrogen) atoms. The minimum atomic E-state index is 0.543. The van der Waals surface area contributed by atoms with Gasteiger partial charge < -0.3 is 10.2 Å². The molecule has 2 heterocycles. The quantitative estimate of drug-likeness (QED) is 0.894. The van der Waals surface area contributed by atoms with Crippen molar-refractivity contribution in [3.8, 4) is 6.07 Å². The van der Waals surface area contributed by atoms with Crippen molar-refractivity contribution in [1.29, 1.82) is 5.26 Å². The fourth-order valence-corrected chi connectivity index (χ4v) is 2.76. The normalized spacial score (nSPS) is 18.2. The summed E-state index contributed by atoms with van der Waals surface area (Å²) in [6.07, 6.45) is 2.48. The van der Waals surface area contributed by atoms with Gasteiger partial charge >= 0.3 is 0 Å². The number of nitrogens with zero attached hydrogens (tertiary/aromatic N) is 3. The Hall–Kier alpha value is -1.60. The highest BCUT2D eigenvalue weighted by molar-refractivity contribution is 5.46. The lowest BCUT2D eigenvalue weighted by Gasteiger charge is -2.29. The van der Waals surface area contributed by atoms with Crippen LogP contribution in [0.1, 0.15) is 37.9 Å². The molecule has 1 atom stereocenters. The van der Waals surface area contributed by atoms with Gasteiger partial charge in [0, 0.05) is 24.8 Å². The topological polar surface area (TPSA) is 52.0 Å². The van der Waals surface area contributed by atoms with E-state index in [2.05, 4.69) is 35.1 Å². The van der Waals surface area contributed by atoms with Crippen molar-refractivity contribution in [2.45, 2.75) is 39.7 Å². The summed E-state index contributed by atoms with van der Waals surface area (Å²) in [5.41, 5.74) is 1.60. The van der Waals surface area contributed by atoms with Crippen molar-refractivity contribution in [3.05, 3.63) is 23.4 Å². The Morgan fingerprint density at radius 1 is 1.50 bits per heavy atom. The summed E-state index contributed by atoms with van der Waals surface area (Å²) in [5, 5.41) is 12.7. The van der Waals surface area contributed by atoms with Crippen molar-refractivity contribution in [2.75, 3.05) is 24.5 Å². The molecule has 1 saturated heterocycles. The Morgan fingerprint density at radius 2 is 2.30 bits per heavy atom. The summed E-state index contributed by atoms with van der Waals surface area (Å²) in [4.78, 5) is 6.95. The average molecular weight is 272 g/mol. The predicted molar refractivity (Wildman–Crippen MR) is 81.8 cm³/mol. The zero-order valence-corrected chi connectivity index (χ0v) is 12.7. The fourth-order valence-electron chi connectivity index (χ4n) is 2.76. The summed E-state index contributed by atoms with van der Waals surface area (Å²) >= 11 is 0. The van der Waals surface area contributed by atoms with E-state index in [-0.39, 0.29) is 0 Å². The van der Waals surface area contributed by atoms with E-state index >= 15 is 0 Å². The van der Waals surface area contributed by atoms with Crippen molar-refractivity contribution >= 4 is 5.82 Å². The van der Waals surface area contributed by atoms with E-state index in [9.17, 15) is 0 Å². The van der Waals surface area contributed by atoms with Gasteiger partial charge in [0.2, 0.25) is 0 Å². The molecule has 1 aliphatic heterocycles. The first-order chi connectivity index (χ1) is 9.58. The minimum Gasteiger partial charge on any atom is -0.355 e. The molecule has 1 fully saturated rings. The third kappa shape index (κ3) is 3.94. The summed E-state index contributed by atoms with van der Waals surface area (Å²) < 4.78 is 0. The molecule has 0 aromatic carbocycles. The smallest absolute Gasteiger partial charge is 0.130 e. The third-order valence-corrected chi connectivity index (χ3v) is 3.58. The van der Waals surface area contributed by atoms with Crippen LogP contribution in [0.4, 0.5) is 5.82 Å². The molecule has 0 bridgehead atoms. The lowest BCUT2D eigenvalue weighted by molar-refractivity contribution is 0.537. The highest BCUT2D eigenvalue weighted by atomic mass is 15.2. The lowest BCUT2D eigenvalue weighted by atomic mass is 10.1. The summed E-state index contributed by atoms with van der Waals surface area (Å²) in [6.45, 7) is 9.45. The summed E-state index contributed by atoms with van der Waals surface area (Å²) in [7, 11) is 0. The highest BCUT2D eigenvalue weighted by Gasteiger charge is 2.20. The second-order valence-corrected chi connectivity index (χ2v) is 6.06. The van der Waals surface area contributed by atoms with Gasteiger partial charge in [-0.25, -0.2) is 4.98 Å². The van der Waals surface area contributed by atoms with Crippen LogP contribution >= 0.6 is 0 Å². The lowest BCUT2D eigenvalue weighted by Crippen LogP contribution is -2.40. The van der Waals surface area contributed by atoms with Crippen molar-refractivity contribution in [2.24, 2.45) is 5.92 Å². The monoisotopic (exact) mass is 272 g/mol. The van der Waals surface area contributed by atoms with E-state index in [4.69, 9.17) is 5.26 Å². The van der Waals surface area contributed by atoms with Crippen LogP contribution in [0.15, 0.2) is 12.1 Å². The molecule has 0 spiro atoms. The number of aryl methyl sites for hydroxylation is 1. The van der Waals surface area contributed by atoms with Gasteiger partial charge in [0.15, 0.2) is 0 Å². The molecule has 1 aromatic rings. The van der Waals surface area contributed by atoms with Crippen LogP contribution in [-0.2, 0) is 0 Å². The molecule has 4 heteroatoms. The molecular weight excluding hydrogens is 248 g/mol. The van der Waals surface area contributed by atoms with Gasteiger partial charge in [-0.2, -0.15) is 5.26 Å². The number of nitrogens with one attached hydrogen (secondary N) is 1. The number of rotatable bonds is 5. The van der Waals surface area contributed by atoms with E-state index in [0.717, 1.165) is 31.1 Å². The second-order valence-electron chi connectivity index (χ2n) is 6.06. The molecule has 108 valence electrons. The van der Waals surface area contributed by atoms with Gasteiger partial charge in [0.25, 0.3) is 0 Å². The summed E-state index contributed by atoms with van der Waals surface area (Å²) in [5.74, 6) is 1.51. The van der Waals surface area contributed by atoms with E-state index in [1.165, 1.54) is 12.8 Å². The molecule has 4 nitrogen and oxygen atoms in total. The minimum absolute atomic E-state index is 0.543. The Balaban J connectivity index is 2.20. The van der Waals surface area contributed by atoms with Gasteiger partial charge in [-0.15, -0.1) is 0 Å². The fraction of sp³-hybridized carbons (Fsp3) is 0.625. The maximum atomic E-state index is 9.13. The Morgan fingerprint density at radius 3 is 2.90 bits per heavy atom. The predicted octanol–water partition coefficient (Wildman–Crippen LogP) is 2.48. The zero-order chi connectivity index (χ0) is 14.5. The maximum absolute atomic E-state index is 9.13. The van der Waals surface area contributed by atoms with Crippen LogP contribution in [0, 0.1) is 24.2 Å². The van der Waals surface area contributed by atoms with Crippen LogP contribution in [0.25, 0.3) is 0 Å². The summed E-state index contributed by atoms with van der Waals surface area (Å²) in [6, 6.07) is 6.52. The number of anilines is 1. The van der Waals surface area contributed by atoms with E-state index in [1.54, 1.807) is 0 Å². The molecule has 0 saturated carbocycles. The van der Waals surface area contributed by atoms with Gasteiger partial charge in [0.05, 0.1) is 11.6 Å². The van der Waals surface area contributed by atoms with E-state index in [0.29, 0.717) is 17.5 Å². The van der Waals surface area contributed by atoms with Crippen molar-refractivity contribution < 1.29 is 0 Å². The molecule has 1 N–H and O–H groups in total. The third-order valence-electron chi connectivity index (χ3n) is 3.58. The molecule has 0 radical (unpaired) electrons. The molecule has 1 unspecified atom stereocenters. The van der Waals surface area contributed by atoms with E-state index < -0.39 is 0 Å². The number of hydrogen-bond acceptors (Lipinski definition) is 4. The molecule has 1 aromatic heterocycles. The van der Waals surface area contributed by atoms with E-state index in [1.807, 2.05) is 19.1 Å². The number of aromatic nitrogens is 1. The SMILES string of the molecule is Cc1cc(C#N)cc(N(CC(C)C)CC2CCCN2)n1. The van der Waals surface area contributed by atoms with Crippen LogP contribution < -0.4 is 10.2 Å². The van der Waals surface area contributed by atoms with Crippen LogP contribution in [0.3, 0.4) is 0 Å². The number of hydrogen-bond donors (Lipinski definition) is 1. The van der Waals surface area contributed by atoms with Crippen molar-refractivity contribution in [3.63, 3.8) is 0 Å². The van der Waals surface area contributed by atoms with Gasteiger partial charge in [-0.3, -0.25) is 0 Å². The second kappa shape index (κ2) is 6.71. The average Bonchev–Trinajstić information content (AvgIpc) is 2.89. The highest BCUT2D eigenvalue weighted by Crippen LogP contribution is 2.18. The molecule has 0 amide bonds. The Bertz CT molecular complexity index is 484. The molecule has 1 aliphatic rings. The number of pyridine rings is 1. The standard InChI is InChI=1S/C16H24N4/c1-12(2)10-20(11-15-5-4-6-18-15)16-8-14(9-17)7-13(3)19-16/h7-8,12,15,18H,4-6,10-11H2,1-3H3. The molecule has 2 rings (SSSR count). The first-order valence-corrected chi connectivity index (χ1v) is 7.45. The largest absolute Gasteiger partial charge is 0.355 e. The van der Waals surface area contributed by atoms with Gasteiger partial charge in [-0.1, -0.05) is 13.8 Å². The van der Waals surface area contributed by atoms with Crippen molar-refractivity contribution in [1.82, 2.24) is 10.3 Å². The maximum Gasteiger partial charge on any atom is 0.130 e. The Kier molecular flexibility index (Phi) is 4.97. The first kappa shape index (κ1) is 14.8. The first-order valence-electron chi connectivity index (χ1n) is 7.45. The van der Waals surface area contributed by atoms with Crippen LogP contribution in [0.5, 0.6) is 0 Å².